The van der Waals surface area contributed by atoms with Crippen LogP contribution >= 0.6 is 11.6 Å². The van der Waals surface area contributed by atoms with Gasteiger partial charge in [0, 0.05) is 5.38 Å². The number of rotatable bonds is 4. The largest absolute Gasteiger partial charge is 0.522 e. The second-order valence-corrected chi connectivity index (χ2v) is 7.63. The van der Waals surface area contributed by atoms with Crippen LogP contribution in [-0.2, 0) is 4.74 Å². The van der Waals surface area contributed by atoms with Crippen LogP contribution in [0, 0.1) is 23.7 Å². The SMILES string of the molecule is C=C(C)C1CCC(C2CCC(COC(F)(F)F)CC2)C(Cl)C1. The standard InChI is InChI=1S/C17H26ClF3O/c1-11(2)14-7-8-15(16(18)9-14)13-5-3-12(4-6-13)10-22-17(19,20)21/h12-16H,1,3-10H2,2H3. The molecule has 2 rings (SSSR count). The molecule has 0 radical (unpaired) electrons. The maximum Gasteiger partial charge on any atom is 0.522 e. The zero-order valence-corrected chi connectivity index (χ0v) is 13.9. The number of allylic oxidation sites excluding steroid dienone is 1. The lowest BCUT2D eigenvalue weighted by atomic mass is 9.68. The van der Waals surface area contributed by atoms with E-state index in [0.717, 1.165) is 44.9 Å². The molecule has 0 amide bonds. The predicted molar refractivity (Wildman–Crippen MR) is 82.7 cm³/mol. The summed E-state index contributed by atoms with van der Waals surface area (Å²) in [6, 6.07) is 0. The Hall–Kier alpha value is -0.220. The molecule has 3 atom stereocenters. The molecule has 22 heavy (non-hydrogen) atoms. The number of ether oxygens (including phenoxy) is 1. The van der Waals surface area contributed by atoms with Crippen molar-refractivity contribution in [1.82, 2.24) is 0 Å². The van der Waals surface area contributed by atoms with Crippen molar-refractivity contribution in [3.63, 3.8) is 0 Å². The van der Waals surface area contributed by atoms with Gasteiger partial charge in [-0.2, -0.15) is 0 Å². The van der Waals surface area contributed by atoms with Gasteiger partial charge in [-0.15, -0.1) is 24.8 Å². The number of hydrogen-bond acceptors (Lipinski definition) is 1. The van der Waals surface area contributed by atoms with Crippen LogP contribution in [0.25, 0.3) is 0 Å². The molecule has 3 unspecified atom stereocenters. The van der Waals surface area contributed by atoms with Gasteiger partial charge in [0.25, 0.3) is 0 Å². The summed E-state index contributed by atoms with van der Waals surface area (Å²) >= 11 is 6.60. The Morgan fingerprint density at radius 2 is 1.77 bits per heavy atom. The van der Waals surface area contributed by atoms with Crippen LogP contribution in [0.2, 0.25) is 0 Å². The molecular weight excluding hydrogens is 313 g/mol. The molecule has 2 aliphatic carbocycles. The molecule has 2 saturated carbocycles. The van der Waals surface area contributed by atoms with E-state index in [1.165, 1.54) is 5.57 Å². The van der Waals surface area contributed by atoms with Crippen LogP contribution < -0.4 is 0 Å². The molecule has 0 aromatic rings. The Morgan fingerprint density at radius 3 is 2.27 bits per heavy atom. The van der Waals surface area contributed by atoms with Gasteiger partial charge in [-0.05, 0) is 75.5 Å². The first-order valence-corrected chi connectivity index (χ1v) is 8.70. The third-order valence-corrected chi connectivity index (χ3v) is 6.00. The van der Waals surface area contributed by atoms with E-state index in [2.05, 4.69) is 18.2 Å². The van der Waals surface area contributed by atoms with E-state index in [4.69, 9.17) is 11.6 Å². The molecule has 0 aromatic carbocycles. The second-order valence-electron chi connectivity index (χ2n) is 7.07. The van der Waals surface area contributed by atoms with Crippen molar-refractivity contribution in [3.8, 4) is 0 Å². The van der Waals surface area contributed by atoms with Crippen LogP contribution in [-0.4, -0.2) is 18.3 Å². The van der Waals surface area contributed by atoms with E-state index in [0.29, 0.717) is 17.8 Å². The Labute approximate surface area is 136 Å². The lowest BCUT2D eigenvalue weighted by molar-refractivity contribution is -0.329. The van der Waals surface area contributed by atoms with Crippen molar-refractivity contribution in [2.75, 3.05) is 6.61 Å². The van der Waals surface area contributed by atoms with Gasteiger partial charge in [-0.25, -0.2) is 0 Å². The summed E-state index contributed by atoms with van der Waals surface area (Å²) in [6.45, 7) is 5.91. The summed E-state index contributed by atoms with van der Waals surface area (Å²) in [5.41, 5.74) is 1.22. The number of hydrogen-bond donors (Lipinski definition) is 0. The van der Waals surface area contributed by atoms with E-state index in [9.17, 15) is 13.2 Å². The highest BCUT2D eigenvalue weighted by molar-refractivity contribution is 6.20. The van der Waals surface area contributed by atoms with Crippen molar-refractivity contribution >= 4 is 11.6 Å². The number of alkyl halides is 4. The molecule has 0 aromatic heterocycles. The van der Waals surface area contributed by atoms with Crippen molar-refractivity contribution in [3.05, 3.63) is 12.2 Å². The first-order chi connectivity index (χ1) is 10.3. The molecule has 1 nitrogen and oxygen atoms in total. The molecule has 0 spiro atoms. The van der Waals surface area contributed by atoms with Crippen LogP contribution in [0.3, 0.4) is 0 Å². The third-order valence-electron chi connectivity index (χ3n) is 5.50. The highest BCUT2D eigenvalue weighted by Gasteiger charge is 2.37. The normalized spacial score (nSPS) is 37.0. The Balaban J connectivity index is 1.76. The molecule has 128 valence electrons. The fourth-order valence-electron chi connectivity index (χ4n) is 4.11. The Morgan fingerprint density at radius 1 is 1.14 bits per heavy atom. The minimum atomic E-state index is -4.50. The molecule has 0 N–H and O–H groups in total. The van der Waals surface area contributed by atoms with Gasteiger partial charge in [0.2, 0.25) is 0 Å². The summed E-state index contributed by atoms with van der Waals surface area (Å²) in [6.07, 6.45) is 2.39. The first-order valence-electron chi connectivity index (χ1n) is 8.26. The van der Waals surface area contributed by atoms with Crippen molar-refractivity contribution in [1.29, 1.82) is 0 Å². The van der Waals surface area contributed by atoms with E-state index >= 15 is 0 Å². The Bertz CT molecular complexity index is 375. The molecule has 2 aliphatic rings. The summed E-state index contributed by atoms with van der Waals surface area (Å²) in [5, 5.41) is 0.184. The smallest absolute Gasteiger partial charge is 0.292 e. The van der Waals surface area contributed by atoms with Crippen LogP contribution in [0.5, 0.6) is 0 Å². The van der Waals surface area contributed by atoms with Crippen LogP contribution in [0.4, 0.5) is 13.2 Å². The summed E-state index contributed by atoms with van der Waals surface area (Å²) in [4.78, 5) is 0. The summed E-state index contributed by atoms with van der Waals surface area (Å²) in [5.74, 6) is 1.66. The zero-order valence-electron chi connectivity index (χ0n) is 13.2. The van der Waals surface area contributed by atoms with Crippen molar-refractivity contribution < 1.29 is 17.9 Å². The van der Waals surface area contributed by atoms with E-state index in [-0.39, 0.29) is 17.9 Å². The lowest BCUT2D eigenvalue weighted by Gasteiger charge is -2.40. The third kappa shape index (κ3) is 5.16. The highest BCUT2D eigenvalue weighted by atomic mass is 35.5. The maximum absolute atomic E-state index is 12.1. The van der Waals surface area contributed by atoms with Gasteiger partial charge in [0.05, 0.1) is 6.61 Å². The lowest BCUT2D eigenvalue weighted by Crippen LogP contribution is -2.34. The monoisotopic (exact) mass is 338 g/mol. The Kier molecular flexibility index (Phi) is 6.23. The van der Waals surface area contributed by atoms with Gasteiger partial charge in [0.15, 0.2) is 0 Å². The quantitative estimate of drug-likeness (QED) is 0.456. The molecule has 0 aliphatic heterocycles. The topological polar surface area (TPSA) is 9.23 Å². The maximum atomic E-state index is 12.1. The van der Waals surface area contributed by atoms with E-state index in [1.807, 2.05) is 0 Å². The first kappa shape index (κ1) is 18.1. The predicted octanol–water partition coefficient (Wildman–Crippen LogP) is 5.93. The molecule has 0 heterocycles. The minimum absolute atomic E-state index is 0.0402. The molecule has 0 saturated heterocycles. The zero-order chi connectivity index (χ0) is 16.3. The van der Waals surface area contributed by atoms with Gasteiger partial charge in [-0.1, -0.05) is 12.2 Å². The fraction of sp³-hybridized carbons (Fsp3) is 0.882. The van der Waals surface area contributed by atoms with E-state index < -0.39 is 6.36 Å². The van der Waals surface area contributed by atoms with Crippen molar-refractivity contribution in [2.24, 2.45) is 23.7 Å². The van der Waals surface area contributed by atoms with Gasteiger partial charge in [0.1, 0.15) is 0 Å². The number of halogens is 4. The fourth-order valence-corrected chi connectivity index (χ4v) is 4.66. The summed E-state index contributed by atoms with van der Waals surface area (Å²) < 4.78 is 40.2. The molecule has 0 bridgehead atoms. The van der Waals surface area contributed by atoms with Crippen LogP contribution in [0.1, 0.15) is 51.9 Å². The second kappa shape index (κ2) is 7.57. The van der Waals surface area contributed by atoms with Crippen LogP contribution in [0.15, 0.2) is 12.2 Å². The average molecular weight is 339 g/mol. The van der Waals surface area contributed by atoms with Gasteiger partial charge in [-0.3, -0.25) is 4.74 Å². The summed E-state index contributed by atoms with van der Waals surface area (Å²) in [7, 11) is 0. The molecule has 5 heteroatoms. The molecule has 2 fully saturated rings. The average Bonchev–Trinajstić information content (AvgIpc) is 2.45. The van der Waals surface area contributed by atoms with E-state index in [1.54, 1.807) is 0 Å². The van der Waals surface area contributed by atoms with Gasteiger partial charge >= 0.3 is 6.36 Å². The molecular formula is C17H26ClF3O. The van der Waals surface area contributed by atoms with Gasteiger partial charge < -0.3 is 0 Å². The van der Waals surface area contributed by atoms with Crippen molar-refractivity contribution in [2.45, 2.75) is 63.6 Å². The minimum Gasteiger partial charge on any atom is -0.292 e. The highest BCUT2D eigenvalue weighted by Crippen LogP contribution is 2.44.